The van der Waals surface area contributed by atoms with Crippen LogP contribution in [0.1, 0.15) is 19.1 Å². The van der Waals surface area contributed by atoms with Crippen LogP contribution in [-0.2, 0) is 4.74 Å². The van der Waals surface area contributed by atoms with E-state index in [0.29, 0.717) is 4.77 Å². The largest absolute Gasteiger partial charge is 0.365 e. The van der Waals surface area contributed by atoms with Gasteiger partial charge in [0.25, 0.3) is 5.56 Å². The maximum absolute atomic E-state index is 11.1. The number of halogens is 1. The Labute approximate surface area is 97.6 Å². The van der Waals surface area contributed by atoms with E-state index in [-0.39, 0.29) is 22.8 Å². The molecule has 2 atom stereocenters. The first-order valence-corrected chi connectivity index (χ1v) is 5.28. The number of aromatic amines is 1. The van der Waals surface area contributed by atoms with Gasteiger partial charge in [0.1, 0.15) is 19.1 Å². The number of hydrogen-bond acceptors (Lipinski definition) is 3. The summed E-state index contributed by atoms with van der Waals surface area (Å²) in [6, 6.07) is -0.275. The van der Waals surface area contributed by atoms with Crippen molar-refractivity contribution in [2.75, 3.05) is 0 Å². The van der Waals surface area contributed by atoms with Gasteiger partial charge in [-0.05, 0) is 25.1 Å². The van der Waals surface area contributed by atoms with E-state index in [4.69, 9.17) is 36.4 Å². The van der Waals surface area contributed by atoms with Crippen molar-refractivity contribution < 1.29 is 4.74 Å². The van der Waals surface area contributed by atoms with Gasteiger partial charge in [-0.15, -0.1) is 0 Å². The van der Waals surface area contributed by atoms with Crippen LogP contribution in [-0.4, -0.2) is 23.4 Å². The second kappa shape index (κ2) is 4.12. The summed E-state index contributed by atoms with van der Waals surface area (Å²) in [6.45, 7) is 0. The molecule has 1 aromatic heterocycles. The summed E-state index contributed by atoms with van der Waals surface area (Å²) in [6.07, 6.45) is 2.77. The monoisotopic (exact) mass is 242 g/mol. The third-order valence-corrected chi connectivity index (χ3v) is 2.85. The Morgan fingerprint density at radius 1 is 1.67 bits per heavy atom. The lowest BCUT2D eigenvalue weighted by molar-refractivity contribution is 0.0354. The van der Waals surface area contributed by atoms with E-state index in [1.807, 2.05) is 0 Å². The van der Waals surface area contributed by atoms with Crippen LogP contribution in [0.2, 0.25) is 5.02 Å². The summed E-state index contributed by atoms with van der Waals surface area (Å²) in [7, 11) is 5.61. The first kappa shape index (κ1) is 10.9. The Bertz CT molecular complexity index is 486. The highest BCUT2D eigenvalue weighted by Crippen LogP contribution is 2.26. The van der Waals surface area contributed by atoms with Crippen molar-refractivity contribution >= 4 is 31.7 Å². The molecule has 0 aliphatic carbocycles. The average molecular weight is 242 g/mol. The van der Waals surface area contributed by atoms with E-state index in [2.05, 4.69) is 4.98 Å². The minimum Gasteiger partial charge on any atom is -0.365 e. The van der Waals surface area contributed by atoms with E-state index >= 15 is 0 Å². The van der Waals surface area contributed by atoms with Gasteiger partial charge in [-0.1, -0.05) is 11.6 Å². The van der Waals surface area contributed by atoms with Crippen molar-refractivity contribution in [2.45, 2.75) is 25.1 Å². The van der Waals surface area contributed by atoms with Crippen molar-refractivity contribution in [2.24, 2.45) is 0 Å². The summed E-state index contributed by atoms with van der Waals surface area (Å²) in [4.78, 5) is 13.6. The van der Waals surface area contributed by atoms with Crippen LogP contribution in [0.3, 0.4) is 0 Å². The van der Waals surface area contributed by atoms with Crippen LogP contribution in [0.4, 0.5) is 0 Å². The number of nitrogens with one attached hydrogen (secondary N) is 1. The van der Waals surface area contributed by atoms with E-state index in [0.717, 1.165) is 12.8 Å². The molecule has 0 aromatic carbocycles. The third-order valence-electron chi connectivity index (χ3n) is 2.26. The van der Waals surface area contributed by atoms with E-state index < -0.39 is 0 Å². The normalized spacial score (nSPS) is 25.7. The van der Waals surface area contributed by atoms with Crippen LogP contribution in [0, 0.1) is 4.77 Å². The fourth-order valence-electron chi connectivity index (χ4n) is 1.52. The van der Waals surface area contributed by atoms with Gasteiger partial charge in [0.2, 0.25) is 0 Å². The Kier molecular flexibility index (Phi) is 3.00. The van der Waals surface area contributed by atoms with Gasteiger partial charge in [-0.2, -0.15) is 0 Å². The van der Waals surface area contributed by atoms with Crippen LogP contribution in [0.25, 0.3) is 0 Å². The molecule has 1 aliphatic rings. The fraction of sp³-hybridized carbons (Fsp3) is 0.500. The lowest BCUT2D eigenvalue weighted by atomic mass is 9.98. The van der Waals surface area contributed by atoms with Crippen molar-refractivity contribution in [1.82, 2.24) is 9.55 Å². The summed E-state index contributed by atoms with van der Waals surface area (Å²) in [5, 5.41) is 0.0904. The summed E-state index contributed by atoms with van der Waals surface area (Å²) in [5.74, 6) is 0. The molecule has 1 saturated heterocycles. The fourth-order valence-corrected chi connectivity index (χ4v) is 1.94. The summed E-state index contributed by atoms with van der Waals surface area (Å²) < 4.78 is 7.33. The number of aromatic nitrogens is 2. The van der Waals surface area contributed by atoms with Gasteiger partial charge < -0.3 is 4.74 Å². The number of nitrogens with zero attached hydrogens (tertiary/aromatic N) is 1. The van der Waals surface area contributed by atoms with Gasteiger partial charge in [-0.25, -0.2) is 0 Å². The molecule has 78 valence electrons. The Balaban J connectivity index is 2.41. The van der Waals surface area contributed by atoms with Crippen LogP contribution < -0.4 is 5.56 Å². The first-order chi connectivity index (χ1) is 7.08. The molecule has 0 bridgehead atoms. The number of hydrogen-bond donors (Lipinski definition) is 1. The van der Waals surface area contributed by atoms with Gasteiger partial charge in [0.05, 0.1) is 0 Å². The van der Waals surface area contributed by atoms with Gasteiger partial charge in [-0.3, -0.25) is 14.3 Å². The lowest BCUT2D eigenvalue weighted by Gasteiger charge is -2.15. The molecule has 0 spiro atoms. The van der Waals surface area contributed by atoms with Gasteiger partial charge in [0.15, 0.2) is 4.77 Å². The molecule has 4 nitrogen and oxygen atoms in total. The molecule has 0 saturated carbocycles. The predicted molar refractivity (Wildman–Crippen MR) is 59.8 cm³/mol. The third kappa shape index (κ3) is 2.16. The van der Waals surface area contributed by atoms with Gasteiger partial charge >= 0.3 is 0 Å². The first-order valence-electron chi connectivity index (χ1n) is 4.50. The maximum Gasteiger partial charge on any atom is 0.270 e. The zero-order valence-electron chi connectivity index (χ0n) is 7.77. The quantitative estimate of drug-likeness (QED) is 0.597. The highest BCUT2D eigenvalue weighted by atomic mass is 35.5. The molecule has 1 aromatic rings. The molecular formula is C8H8BClN2O2S. The molecule has 1 N–H and O–H groups in total. The topological polar surface area (TPSA) is 47.0 Å². The molecule has 1 aliphatic heterocycles. The zero-order valence-corrected chi connectivity index (χ0v) is 9.35. The molecule has 7 heteroatoms. The highest BCUT2D eigenvalue weighted by Gasteiger charge is 2.23. The minimum atomic E-state index is -0.389. The average Bonchev–Trinajstić information content (AvgIpc) is 2.58. The maximum atomic E-state index is 11.1. The summed E-state index contributed by atoms with van der Waals surface area (Å²) >= 11 is 10.7. The lowest BCUT2D eigenvalue weighted by Crippen LogP contribution is -2.18. The predicted octanol–water partition coefficient (Wildman–Crippen LogP) is 1.36. The SMILES string of the molecule is [B][C@@H]1CCC(n2cc(Cl)c(=O)[nH]c2=S)O1. The molecule has 1 fully saturated rings. The number of ether oxygens (including phenoxy) is 1. The molecular weight excluding hydrogens is 234 g/mol. The van der Waals surface area contributed by atoms with Gasteiger partial charge in [0, 0.05) is 12.2 Å². The van der Waals surface area contributed by atoms with Crippen molar-refractivity contribution in [3.63, 3.8) is 0 Å². The Morgan fingerprint density at radius 3 is 3.00 bits per heavy atom. The second-order valence-corrected chi connectivity index (χ2v) is 4.14. The standard InChI is InChI=1S/C8H8BClN2O2S/c9-5-1-2-6(14-5)12-3-4(10)7(13)11-8(12)15/h3,5-6H,1-2H2,(H,11,13,15)/t5-,6?/m0/s1. The smallest absolute Gasteiger partial charge is 0.270 e. The molecule has 1 unspecified atom stereocenters. The number of rotatable bonds is 1. The molecule has 2 heterocycles. The Hall–Kier alpha value is -0.585. The van der Waals surface area contributed by atoms with Crippen molar-refractivity contribution in [1.29, 1.82) is 0 Å². The van der Waals surface area contributed by atoms with E-state index in [9.17, 15) is 4.79 Å². The highest BCUT2D eigenvalue weighted by molar-refractivity contribution is 7.71. The van der Waals surface area contributed by atoms with Crippen LogP contribution >= 0.6 is 23.8 Å². The minimum absolute atomic E-state index is 0.0904. The molecule has 0 amide bonds. The van der Waals surface area contributed by atoms with Crippen molar-refractivity contribution in [3.05, 3.63) is 26.3 Å². The molecule has 15 heavy (non-hydrogen) atoms. The second-order valence-electron chi connectivity index (χ2n) is 3.35. The van der Waals surface area contributed by atoms with E-state index in [1.165, 1.54) is 6.20 Å². The van der Waals surface area contributed by atoms with Crippen LogP contribution in [0.5, 0.6) is 0 Å². The van der Waals surface area contributed by atoms with E-state index in [1.54, 1.807) is 4.57 Å². The van der Waals surface area contributed by atoms with Crippen molar-refractivity contribution in [3.8, 4) is 0 Å². The zero-order chi connectivity index (χ0) is 11.0. The number of H-pyrrole nitrogens is 1. The Morgan fingerprint density at radius 2 is 2.40 bits per heavy atom. The van der Waals surface area contributed by atoms with Crippen LogP contribution in [0.15, 0.2) is 11.0 Å². The summed E-state index contributed by atoms with van der Waals surface area (Å²) in [5.41, 5.74) is -0.389. The molecule has 2 rings (SSSR count). The molecule has 2 radical (unpaired) electrons.